The van der Waals surface area contributed by atoms with E-state index in [-0.39, 0.29) is 0 Å². The van der Waals surface area contributed by atoms with Crippen LogP contribution in [0.4, 0.5) is 0 Å². The molecule has 0 saturated carbocycles. The number of rotatable bonds is 8. The van der Waals surface area contributed by atoms with Crippen LogP contribution in [0.3, 0.4) is 0 Å². The van der Waals surface area contributed by atoms with Crippen molar-refractivity contribution in [3.8, 4) is 0 Å². The third kappa shape index (κ3) is 4.78. The third-order valence-electron chi connectivity index (χ3n) is 4.06. The highest BCUT2D eigenvalue weighted by Gasteiger charge is 2.05. The van der Waals surface area contributed by atoms with Crippen molar-refractivity contribution in [1.29, 1.82) is 0 Å². The molecular formula is C18H25N7S. The van der Waals surface area contributed by atoms with Gasteiger partial charge in [-0.15, -0.1) is 21.5 Å². The predicted octanol–water partition coefficient (Wildman–Crippen LogP) is 2.09. The molecule has 0 bridgehead atoms. The molecule has 2 N–H and O–H groups in total. The fourth-order valence-electron chi connectivity index (χ4n) is 2.65. The summed E-state index contributed by atoms with van der Waals surface area (Å²) in [5, 5.41) is 16.3. The molecule has 0 aliphatic carbocycles. The molecule has 3 rings (SSSR count). The summed E-state index contributed by atoms with van der Waals surface area (Å²) in [5.74, 6) is 1.81. The summed E-state index contributed by atoms with van der Waals surface area (Å²) in [6.45, 7) is 3.81. The molecule has 8 heteroatoms. The number of thiazole rings is 1. The highest BCUT2D eigenvalue weighted by Crippen LogP contribution is 2.13. The second-order valence-electron chi connectivity index (χ2n) is 5.90. The number of fused-ring (bicyclic) bond motifs is 1. The number of hydrogen-bond donors (Lipinski definition) is 2. The van der Waals surface area contributed by atoms with Gasteiger partial charge in [0.05, 0.1) is 5.01 Å². The first-order chi connectivity index (χ1) is 12.8. The molecule has 3 aromatic heterocycles. The minimum atomic E-state index is 0.823. The van der Waals surface area contributed by atoms with Crippen LogP contribution in [-0.4, -0.2) is 45.7 Å². The van der Waals surface area contributed by atoms with Gasteiger partial charge in [0.25, 0.3) is 0 Å². The van der Waals surface area contributed by atoms with Crippen molar-refractivity contribution in [3.05, 3.63) is 46.3 Å². The third-order valence-corrected chi connectivity index (χ3v) is 5.26. The number of nitrogens with one attached hydrogen (secondary N) is 2. The van der Waals surface area contributed by atoms with Gasteiger partial charge >= 0.3 is 0 Å². The number of nitrogens with zero attached hydrogens (tertiary/aromatic N) is 5. The van der Waals surface area contributed by atoms with Gasteiger partial charge in [-0.1, -0.05) is 13.0 Å². The molecular weight excluding hydrogens is 346 g/mol. The number of aryl methyl sites for hydroxylation is 2. The highest BCUT2D eigenvalue weighted by atomic mass is 32.1. The molecule has 3 aromatic rings. The van der Waals surface area contributed by atoms with Crippen LogP contribution in [0.25, 0.3) is 5.65 Å². The van der Waals surface area contributed by atoms with E-state index in [9.17, 15) is 0 Å². The van der Waals surface area contributed by atoms with Crippen LogP contribution in [0.2, 0.25) is 0 Å². The molecule has 0 unspecified atom stereocenters. The van der Waals surface area contributed by atoms with Crippen LogP contribution >= 0.6 is 11.3 Å². The van der Waals surface area contributed by atoms with Crippen LogP contribution < -0.4 is 10.6 Å². The SMILES string of the molecule is CCc1cnc(CCNC(=NC)NCCCc2nnc3ccccn23)s1. The van der Waals surface area contributed by atoms with Gasteiger partial charge in [0.1, 0.15) is 5.82 Å². The predicted molar refractivity (Wildman–Crippen MR) is 106 cm³/mol. The van der Waals surface area contributed by atoms with Crippen LogP contribution in [0.1, 0.15) is 29.1 Å². The second-order valence-corrected chi connectivity index (χ2v) is 7.10. The smallest absolute Gasteiger partial charge is 0.190 e. The molecule has 7 nitrogen and oxygen atoms in total. The number of aromatic nitrogens is 4. The fourth-order valence-corrected chi connectivity index (χ4v) is 3.51. The van der Waals surface area contributed by atoms with Gasteiger partial charge in [-0.05, 0) is 25.0 Å². The Kier molecular flexibility index (Phi) is 6.54. The van der Waals surface area contributed by atoms with Gasteiger partial charge in [0, 0.05) is 50.2 Å². The van der Waals surface area contributed by atoms with E-state index in [1.54, 1.807) is 18.4 Å². The number of guanidine groups is 1. The lowest BCUT2D eigenvalue weighted by Gasteiger charge is -2.11. The highest BCUT2D eigenvalue weighted by molar-refractivity contribution is 7.11. The molecule has 138 valence electrons. The van der Waals surface area contributed by atoms with E-state index in [0.717, 1.165) is 56.2 Å². The van der Waals surface area contributed by atoms with Crippen molar-refractivity contribution in [2.45, 2.75) is 32.6 Å². The van der Waals surface area contributed by atoms with Crippen molar-refractivity contribution < 1.29 is 0 Å². The number of aliphatic imine (C=N–C) groups is 1. The van der Waals surface area contributed by atoms with Crippen LogP contribution in [0.15, 0.2) is 35.6 Å². The van der Waals surface area contributed by atoms with E-state index >= 15 is 0 Å². The molecule has 0 atom stereocenters. The Morgan fingerprint density at radius 1 is 1.19 bits per heavy atom. The maximum atomic E-state index is 4.44. The summed E-state index contributed by atoms with van der Waals surface area (Å²) in [6.07, 6.45) is 7.77. The fraction of sp³-hybridized carbons (Fsp3) is 0.444. The van der Waals surface area contributed by atoms with E-state index < -0.39 is 0 Å². The lowest BCUT2D eigenvalue weighted by molar-refractivity contribution is 0.712. The van der Waals surface area contributed by atoms with Crippen LogP contribution in [-0.2, 0) is 19.3 Å². The standard InChI is InChI=1S/C18H25N7S/c1-3-14-13-22-17(26-14)9-11-21-18(19-2)20-10-6-8-16-24-23-15-7-4-5-12-25(15)16/h4-5,7,12-13H,3,6,8-11H2,1-2H3,(H2,19,20,21). The molecule has 0 aliphatic heterocycles. The Morgan fingerprint density at radius 2 is 2.08 bits per heavy atom. The number of pyridine rings is 1. The van der Waals surface area contributed by atoms with Gasteiger partial charge in [-0.25, -0.2) is 4.98 Å². The molecule has 0 amide bonds. The van der Waals surface area contributed by atoms with E-state index in [4.69, 9.17) is 0 Å². The molecule has 0 radical (unpaired) electrons. The summed E-state index contributed by atoms with van der Waals surface area (Å²) in [4.78, 5) is 10.0. The Morgan fingerprint density at radius 3 is 2.88 bits per heavy atom. The lowest BCUT2D eigenvalue weighted by atomic mass is 10.3. The van der Waals surface area contributed by atoms with Crippen molar-refractivity contribution in [2.75, 3.05) is 20.1 Å². The van der Waals surface area contributed by atoms with Gasteiger partial charge in [-0.2, -0.15) is 0 Å². The Balaban J connectivity index is 1.37. The quantitative estimate of drug-likeness (QED) is 0.360. The molecule has 0 aromatic carbocycles. The van der Waals surface area contributed by atoms with Crippen molar-refractivity contribution in [1.82, 2.24) is 30.2 Å². The first-order valence-electron chi connectivity index (χ1n) is 8.97. The largest absolute Gasteiger partial charge is 0.356 e. The van der Waals surface area contributed by atoms with E-state index in [2.05, 4.69) is 37.7 Å². The van der Waals surface area contributed by atoms with E-state index in [0.29, 0.717) is 0 Å². The zero-order valence-electron chi connectivity index (χ0n) is 15.3. The Labute approximate surface area is 157 Å². The summed E-state index contributed by atoms with van der Waals surface area (Å²) >= 11 is 1.79. The summed E-state index contributed by atoms with van der Waals surface area (Å²) in [6, 6.07) is 5.93. The Bertz CT molecular complexity index is 852. The second kappa shape index (κ2) is 9.28. The average molecular weight is 372 g/mol. The average Bonchev–Trinajstić information content (AvgIpc) is 3.30. The first-order valence-corrected chi connectivity index (χ1v) is 9.78. The maximum absolute atomic E-state index is 4.44. The molecule has 0 fully saturated rings. The molecule has 0 spiro atoms. The molecule has 26 heavy (non-hydrogen) atoms. The molecule has 3 heterocycles. The van der Waals surface area contributed by atoms with Gasteiger partial charge in [0.15, 0.2) is 11.6 Å². The summed E-state index contributed by atoms with van der Waals surface area (Å²) in [5.41, 5.74) is 0.890. The number of hydrogen-bond acceptors (Lipinski definition) is 5. The zero-order chi connectivity index (χ0) is 18.2. The first kappa shape index (κ1) is 18.3. The molecule has 0 saturated heterocycles. The van der Waals surface area contributed by atoms with E-state index in [1.807, 2.05) is 35.0 Å². The summed E-state index contributed by atoms with van der Waals surface area (Å²) < 4.78 is 2.03. The molecule has 0 aliphatic rings. The van der Waals surface area contributed by atoms with E-state index in [1.165, 1.54) is 9.88 Å². The van der Waals surface area contributed by atoms with Crippen molar-refractivity contribution in [2.24, 2.45) is 4.99 Å². The minimum absolute atomic E-state index is 0.823. The topological polar surface area (TPSA) is 79.5 Å². The van der Waals surface area contributed by atoms with Gasteiger partial charge in [-0.3, -0.25) is 9.39 Å². The summed E-state index contributed by atoms with van der Waals surface area (Å²) in [7, 11) is 1.79. The minimum Gasteiger partial charge on any atom is -0.356 e. The van der Waals surface area contributed by atoms with Gasteiger partial charge in [0.2, 0.25) is 0 Å². The van der Waals surface area contributed by atoms with Crippen molar-refractivity contribution in [3.63, 3.8) is 0 Å². The maximum Gasteiger partial charge on any atom is 0.190 e. The van der Waals surface area contributed by atoms with Crippen molar-refractivity contribution >= 4 is 22.9 Å². The lowest BCUT2D eigenvalue weighted by Crippen LogP contribution is -2.38. The Hall–Kier alpha value is -2.48. The monoisotopic (exact) mass is 371 g/mol. The zero-order valence-corrected chi connectivity index (χ0v) is 16.1. The normalized spacial score (nSPS) is 11.8. The van der Waals surface area contributed by atoms with Gasteiger partial charge < -0.3 is 10.6 Å². The van der Waals surface area contributed by atoms with Crippen LogP contribution in [0, 0.1) is 0 Å². The van der Waals surface area contributed by atoms with Crippen LogP contribution in [0.5, 0.6) is 0 Å².